The molecular formula is C17H22BrN3. The van der Waals surface area contributed by atoms with Crippen LogP contribution in [0.15, 0.2) is 16.7 Å². The fourth-order valence-corrected chi connectivity index (χ4v) is 3.91. The third kappa shape index (κ3) is 2.50. The van der Waals surface area contributed by atoms with Crippen LogP contribution in [0.2, 0.25) is 0 Å². The molecule has 0 bridgehead atoms. The Labute approximate surface area is 135 Å². The Morgan fingerprint density at radius 2 is 1.76 bits per heavy atom. The molecule has 3 rings (SSSR count). The molecule has 0 fully saturated rings. The van der Waals surface area contributed by atoms with Gasteiger partial charge in [-0.25, -0.2) is 0 Å². The van der Waals surface area contributed by atoms with Crippen LogP contribution in [-0.2, 0) is 13.5 Å². The third-order valence-electron chi connectivity index (χ3n) is 4.27. The Kier molecular flexibility index (Phi) is 3.82. The molecule has 0 amide bonds. The second-order valence-corrected chi connectivity index (χ2v) is 6.82. The minimum atomic E-state index is 1.04. The second kappa shape index (κ2) is 5.48. The van der Waals surface area contributed by atoms with Gasteiger partial charge in [0.1, 0.15) is 4.60 Å². The first-order valence-electron chi connectivity index (χ1n) is 7.56. The first-order chi connectivity index (χ1) is 9.99. The van der Waals surface area contributed by atoms with Gasteiger partial charge in [0, 0.05) is 24.8 Å². The lowest BCUT2D eigenvalue weighted by atomic mass is 10.0. The number of nitrogens with zero attached hydrogens (tertiary/aromatic N) is 3. The monoisotopic (exact) mass is 347 g/mol. The van der Waals surface area contributed by atoms with E-state index in [0.29, 0.717) is 0 Å². The van der Waals surface area contributed by atoms with Gasteiger partial charge in [-0.1, -0.05) is 17.7 Å². The van der Waals surface area contributed by atoms with Crippen molar-refractivity contribution in [1.82, 2.24) is 9.78 Å². The number of rotatable bonds is 1. The Bertz CT molecular complexity index is 665. The van der Waals surface area contributed by atoms with Crippen molar-refractivity contribution >= 4 is 27.4 Å². The first-order valence-corrected chi connectivity index (χ1v) is 8.35. The molecule has 1 aromatic heterocycles. The fourth-order valence-electron chi connectivity index (χ4n) is 3.46. The molecular weight excluding hydrogens is 326 g/mol. The van der Waals surface area contributed by atoms with Crippen molar-refractivity contribution in [3.8, 4) is 0 Å². The van der Waals surface area contributed by atoms with Crippen molar-refractivity contribution in [2.75, 3.05) is 11.4 Å². The zero-order valence-corrected chi connectivity index (χ0v) is 14.8. The minimum absolute atomic E-state index is 1.04. The highest BCUT2D eigenvalue weighted by molar-refractivity contribution is 9.10. The normalized spacial score (nSPS) is 15.0. The van der Waals surface area contributed by atoms with Crippen LogP contribution in [0.5, 0.6) is 0 Å². The summed E-state index contributed by atoms with van der Waals surface area (Å²) in [6.07, 6.45) is 3.53. The number of aryl methyl sites for hydroxylation is 4. The van der Waals surface area contributed by atoms with Crippen molar-refractivity contribution in [3.63, 3.8) is 0 Å². The number of hydrogen-bond acceptors (Lipinski definition) is 2. The van der Waals surface area contributed by atoms with E-state index < -0.39 is 0 Å². The van der Waals surface area contributed by atoms with Crippen molar-refractivity contribution in [2.24, 2.45) is 7.05 Å². The summed E-state index contributed by atoms with van der Waals surface area (Å²) in [5, 5.41) is 4.77. The number of halogens is 1. The van der Waals surface area contributed by atoms with Crippen LogP contribution < -0.4 is 4.90 Å². The summed E-state index contributed by atoms with van der Waals surface area (Å²) >= 11 is 3.69. The van der Waals surface area contributed by atoms with Crippen LogP contribution in [0.25, 0.3) is 0 Å². The van der Waals surface area contributed by atoms with Gasteiger partial charge in [0.05, 0.1) is 0 Å². The summed E-state index contributed by atoms with van der Waals surface area (Å²) < 4.78 is 3.06. The number of aromatic nitrogens is 2. The summed E-state index contributed by atoms with van der Waals surface area (Å²) in [5.41, 5.74) is 6.67. The molecule has 112 valence electrons. The molecule has 1 aromatic carbocycles. The maximum absolute atomic E-state index is 4.77. The van der Waals surface area contributed by atoms with Gasteiger partial charge >= 0.3 is 0 Å². The van der Waals surface area contributed by atoms with Crippen molar-refractivity contribution in [1.29, 1.82) is 0 Å². The van der Waals surface area contributed by atoms with Crippen LogP contribution in [-0.4, -0.2) is 16.3 Å². The fraction of sp³-hybridized carbons (Fsp3) is 0.471. The van der Waals surface area contributed by atoms with E-state index in [1.807, 2.05) is 11.7 Å². The van der Waals surface area contributed by atoms with E-state index in [-0.39, 0.29) is 0 Å². The summed E-state index contributed by atoms with van der Waals surface area (Å²) in [6, 6.07) is 4.54. The number of hydrogen-bond donors (Lipinski definition) is 0. The zero-order valence-electron chi connectivity index (χ0n) is 13.2. The molecule has 0 unspecified atom stereocenters. The number of benzene rings is 1. The third-order valence-corrected chi connectivity index (χ3v) is 5.26. The number of anilines is 2. The quantitative estimate of drug-likeness (QED) is 0.752. The smallest absolute Gasteiger partial charge is 0.159 e. The van der Waals surface area contributed by atoms with Crippen LogP contribution in [0, 0.1) is 20.8 Å². The largest absolute Gasteiger partial charge is 0.324 e. The van der Waals surface area contributed by atoms with Gasteiger partial charge in [-0.05, 0) is 67.1 Å². The maximum atomic E-state index is 4.77. The lowest BCUT2D eigenvalue weighted by Crippen LogP contribution is -2.20. The predicted octanol–water partition coefficient (Wildman–Crippen LogP) is 4.58. The Hall–Kier alpha value is -1.29. The summed E-state index contributed by atoms with van der Waals surface area (Å²) in [4.78, 5) is 2.41. The molecule has 21 heavy (non-hydrogen) atoms. The molecule has 0 atom stereocenters. The highest BCUT2D eigenvalue weighted by atomic mass is 79.9. The van der Waals surface area contributed by atoms with Gasteiger partial charge < -0.3 is 4.90 Å². The van der Waals surface area contributed by atoms with Crippen LogP contribution in [0.4, 0.5) is 11.5 Å². The SMILES string of the molecule is Cc1cc(C)c(N2CCCCc3c2nn(C)c3Br)c(C)c1. The molecule has 0 saturated heterocycles. The summed E-state index contributed by atoms with van der Waals surface area (Å²) in [5.74, 6) is 1.12. The predicted molar refractivity (Wildman–Crippen MR) is 91.5 cm³/mol. The molecule has 0 spiro atoms. The van der Waals surface area contributed by atoms with Crippen LogP contribution >= 0.6 is 15.9 Å². The number of fused-ring (bicyclic) bond motifs is 1. The van der Waals surface area contributed by atoms with Crippen molar-refractivity contribution in [3.05, 3.63) is 39.0 Å². The van der Waals surface area contributed by atoms with Crippen LogP contribution in [0.1, 0.15) is 35.1 Å². The molecule has 0 N–H and O–H groups in total. The van der Waals surface area contributed by atoms with Crippen molar-refractivity contribution in [2.45, 2.75) is 40.0 Å². The Balaban J connectivity index is 2.18. The molecule has 2 aromatic rings. The molecule has 3 nitrogen and oxygen atoms in total. The Morgan fingerprint density at radius 1 is 1.10 bits per heavy atom. The molecule has 4 heteroatoms. The minimum Gasteiger partial charge on any atom is -0.324 e. The molecule has 0 radical (unpaired) electrons. The summed E-state index contributed by atoms with van der Waals surface area (Å²) in [6.45, 7) is 7.62. The van der Waals surface area contributed by atoms with E-state index in [4.69, 9.17) is 5.10 Å². The van der Waals surface area contributed by atoms with Crippen molar-refractivity contribution < 1.29 is 0 Å². The molecule has 2 heterocycles. The van der Waals surface area contributed by atoms with E-state index >= 15 is 0 Å². The highest BCUT2D eigenvalue weighted by Gasteiger charge is 2.25. The van der Waals surface area contributed by atoms with E-state index in [2.05, 4.69) is 53.7 Å². The lowest BCUT2D eigenvalue weighted by Gasteiger charge is -2.26. The average Bonchev–Trinajstić information content (AvgIpc) is 2.58. The molecule has 0 aliphatic carbocycles. The molecule has 1 aliphatic heterocycles. The van der Waals surface area contributed by atoms with E-state index in [1.165, 1.54) is 40.8 Å². The zero-order chi connectivity index (χ0) is 15.1. The molecule has 1 aliphatic rings. The molecule has 0 saturated carbocycles. The van der Waals surface area contributed by atoms with Gasteiger partial charge in [0.2, 0.25) is 0 Å². The average molecular weight is 348 g/mol. The van der Waals surface area contributed by atoms with Gasteiger partial charge in [0.15, 0.2) is 5.82 Å². The van der Waals surface area contributed by atoms with Crippen LogP contribution in [0.3, 0.4) is 0 Å². The lowest BCUT2D eigenvalue weighted by molar-refractivity contribution is 0.710. The first kappa shape index (κ1) is 14.6. The van der Waals surface area contributed by atoms with Gasteiger partial charge in [-0.2, -0.15) is 5.10 Å². The summed E-state index contributed by atoms with van der Waals surface area (Å²) in [7, 11) is 2.01. The standard InChI is InChI=1S/C17H22BrN3/c1-11-9-12(2)15(13(3)10-11)21-8-6-5-7-14-16(18)20(4)19-17(14)21/h9-10H,5-8H2,1-4H3. The second-order valence-electron chi connectivity index (χ2n) is 6.07. The maximum Gasteiger partial charge on any atom is 0.159 e. The Morgan fingerprint density at radius 3 is 2.43 bits per heavy atom. The van der Waals surface area contributed by atoms with Gasteiger partial charge in [-0.15, -0.1) is 0 Å². The highest BCUT2D eigenvalue weighted by Crippen LogP contribution is 2.38. The van der Waals surface area contributed by atoms with E-state index in [1.54, 1.807) is 0 Å². The van der Waals surface area contributed by atoms with Gasteiger partial charge in [-0.3, -0.25) is 4.68 Å². The van der Waals surface area contributed by atoms with E-state index in [0.717, 1.165) is 23.4 Å². The van der Waals surface area contributed by atoms with E-state index in [9.17, 15) is 0 Å². The topological polar surface area (TPSA) is 21.1 Å². The van der Waals surface area contributed by atoms with Gasteiger partial charge in [0.25, 0.3) is 0 Å².